The molecule has 1 heterocycles. The van der Waals surface area contributed by atoms with Crippen molar-refractivity contribution >= 4 is 0 Å². The predicted molar refractivity (Wildman–Crippen MR) is 89.4 cm³/mol. The molecule has 3 fully saturated rings. The molecule has 3 aliphatic rings. The van der Waals surface area contributed by atoms with Crippen molar-refractivity contribution in [2.75, 3.05) is 32.7 Å². The molecule has 0 bridgehead atoms. The molecule has 0 radical (unpaired) electrons. The Morgan fingerprint density at radius 2 is 1.57 bits per heavy atom. The first kappa shape index (κ1) is 15.8. The molecule has 3 atom stereocenters. The van der Waals surface area contributed by atoms with Gasteiger partial charge in [-0.05, 0) is 44.1 Å². The summed E-state index contributed by atoms with van der Waals surface area (Å²) in [5.41, 5.74) is 6.08. The number of hydrogen-bond donors (Lipinski definition) is 1. The van der Waals surface area contributed by atoms with Gasteiger partial charge in [-0.1, -0.05) is 32.6 Å². The summed E-state index contributed by atoms with van der Waals surface area (Å²) in [5, 5.41) is 0. The zero-order valence-electron chi connectivity index (χ0n) is 14.0. The van der Waals surface area contributed by atoms with Crippen LogP contribution in [0.4, 0.5) is 0 Å². The fraction of sp³-hybridized carbons (Fsp3) is 1.00. The molecule has 2 N–H and O–H groups in total. The fourth-order valence-electron chi connectivity index (χ4n) is 5.09. The van der Waals surface area contributed by atoms with Gasteiger partial charge in [-0.2, -0.15) is 0 Å². The molecule has 2 saturated carbocycles. The molecule has 3 nitrogen and oxygen atoms in total. The molecule has 2 aliphatic carbocycles. The monoisotopic (exact) mass is 293 g/mol. The van der Waals surface area contributed by atoms with E-state index in [4.69, 9.17) is 5.73 Å². The maximum Gasteiger partial charge on any atom is 0.0139 e. The van der Waals surface area contributed by atoms with Gasteiger partial charge in [-0.15, -0.1) is 0 Å². The van der Waals surface area contributed by atoms with Gasteiger partial charge in [0.15, 0.2) is 0 Å². The van der Waals surface area contributed by atoms with Crippen molar-refractivity contribution in [1.82, 2.24) is 9.80 Å². The first-order chi connectivity index (χ1) is 10.3. The Hall–Kier alpha value is -0.120. The Morgan fingerprint density at radius 1 is 0.905 bits per heavy atom. The smallest absolute Gasteiger partial charge is 0.0139 e. The minimum Gasteiger partial charge on any atom is -0.330 e. The van der Waals surface area contributed by atoms with E-state index in [0.29, 0.717) is 0 Å². The molecule has 3 heteroatoms. The van der Waals surface area contributed by atoms with E-state index in [9.17, 15) is 0 Å². The molecule has 21 heavy (non-hydrogen) atoms. The Bertz CT molecular complexity index is 306. The van der Waals surface area contributed by atoms with Crippen LogP contribution in [0, 0.1) is 11.8 Å². The lowest BCUT2D eigenvalue weighted by Crippen LogP contribution is -2.56. The zero-order valence-corrected chi connectivity index (χ0v) is 14.0. The third kappa shape index (κ3) is 3.62. The summed E-state index contributed by atoms with van der Waals surface area (Å²) in [7, 11) is 0. The van der Waals surface area contributed by atoms with Crippen molar-refractivity contribution in [3.8, 4) is 0 Å². The van der Waals surface area contributed by atoms with Crippen LogP contribution in [-0.4, -0.2) is 54.6 Å². The standard InChI is InChI=1S/C18H35N3/c1-2-15-7-8-16(14-19)18(13-15)21-11-9-20(10-12-21)17-5-3-4-6-17/h15-18H,2-14,19H2,1H3. The van der Waals surface area contributed by atoms with Gasteiger partial charge in [0.2, 0.25) is 0 Å². The van der Waals surface area contributed by atoms with E-state index in [1.54, 1.807) is 0 Å². The van der Waals surface area contributed by atoms with E-state index in [2.05, 4.69) is 16.7 Å². The quantitative estimate of drug-likeness (QED) is 0.865. The van der Waals surface area contributed by atoms with Crippen LogP contribution in [0.15, 0.2) is 0 Å². The molecule has 0 aromatic carbocycles. The summed E-state index contributed by atoms with van der Waals surface area (Å²) >= 11 is 0. The third-order valence-electron chi connectivity index (χ3n) is 6.60. The van der Waals surface area contributed by atoms with E-state index in [-0.39, 0.29) is 0 Å². The van der Waals surface area contributed by atoms with Crippen LogP contribution >= 0.6 is 0 Å². The van der Waals surface area contributed by atoms with Gasteiger partial charge in [0.05, 0.1) is 0 Å². The van der Waals surface area contributed by atoms with Crippen molar-refractivity contribution in [3.63, 3.8) is 0 Å². The highest BCUT2D eigenvalue weighted by atomic mass is 15.3. The van der Waals surface area contributed by atoms with Crippen molar-refractivity contribution in [3.05, 3.63) is 0 Å². The highest BCUT2D eigenvalue weighted by Crippen LogP contribution is 2.34. The second-order valence-corrected chi connectivity index (χ2v) is 7.66. The SMILES string of the molecule is CCC1CCC(CN)C(N2CCN(C3CCCC3)CC2)C1. The van der Waals surface area contributed by atoms with Gasteiger partial charge in [-0.25, -0.2) is 0 Å². The Morgan fingerprint density at radius 3 is 2.19 bits per heavy atom. The van der Waals surface area contributed by atoms with Crippen LogP contribution in [0.3, 0.4) is 0 Å². The summed E-state index contributed by atoms with van der Waals surface area (Å²) in [6.07, 6.45) is 11.4. The molecule has 3 rings (SSSR count). The number of piperazine rings is 1. The minimum atomic E-state index is 0.755. The predicted octanol–water partition coefficient (Wildman–Crippen LogP) is 2.70. The molecule has 1 saturated heterocycles. The van der Waals surface area contributed by atoms with Crippen molar-refractivity contribution in [1.29, 1.82) is 0 Å². The molecule has 0 spiro atoms. The summed E-state index contributed by atoms with van der Waals surface area (Å²) in [5.74, 6) is 1.71. The molecule has 0 amide bonds. The summed E-state index contributed by atoms with van der Waals surface area (Å²) < 4.78 is 0. The molecule has 0 aromatic rings. The lowest BCUT2D eigenvalue weighted by atomic mass is 9.76. The highest BCUT2D eigenvalue weighted by molar-refractivity contribution is 4.90. The minimum absolute atomic E-state index is 0.755. The van der Waals surface area contributed by atoms with Gasteiger partial charge in [0.25, 0.3) is 0 Å². The van der Waals surface area contributed by atoms with Crippen LogP contribution in [-0.2, 0) is 0 Å². The summed E-state index contributed by atoms with van der Waals surface area (Å²) in [4.78, 5) is 5.58. The topological polar surface area (TPSA) is 32.5 Å². The number of nitrogens with zero attached hydrogens (tertiary/aromatic N) is 2. The molecule has 1 aliphatic heterocycles. The van der Waals surface area contributed by atoms with Crippen LogP contribution in [0.2, 0.25) is 0 Å². The summed E-state index contributed by atoms with van der Waals surface area (Å²) in [6, 6.07) is 1.69. The Kier molecular flexibility index (Phi) is 5.58. The average Bonchev–Trinajstić information content (AvgIpc) is 3.09. The normalized spacial score (nSPS) is 37.1. The maximum absolute atomic E-state index is 6.08. The highest BCUT2D eigenvalue weighted by Gasteiger charge is 2.35. The van der Waals surface area contributed by atoms with Crippen LogP contribution in [0.25, 0.3) is 0 Å². The number of nitrogens with two attached hydrogens (primary N) is 1. The fourth-order valence-corrected chi connectivity index (χ4v) is 5.09. The van der Waals surface area contributed by atoms with E-state index >= 15 is 0 Å². The zero-order chi connectivity index (χ0) is 14.7. The lowest BCUT2D eigenvalue weighted by Gasteiger charge is -2.47. The lowest BCUT2D eigenvalue weighted by molar-refractivity contribution is 0.0241. The molecule has 0 aromatic heterocycles. The third-order valence-corrected chi connectivity index (χ3v) is 6.60. The Labute approximate surface area is 131 Å². The average molecular weight is 293 g/mol. The van der Waals surface area contributed by atoms with Gasteiger partial charge in [0, 0.05) is 38.3 Å². The second kappa shape index (κ2) is 7.43. The first-order valence-corrected chi connectivity index (χ1v) is 9.50. The van der Waals surface area contributed by atoms with E-state index < -0.39 is 0 Å². The first-order valence-electron chi connectivity index (χ1n) is 9.50. The largest absolute Gasteiger partial charge is 0.330 e. The molecule has 122 valence electrons. The second-order valence-electron chi connectivity index (χ2n) is 7.66. The molecule has 3 unspecified atom stereocenters. The van der Waals surface area contributed by atoms with Crippen LogP contribution < -0.4 is 5.73 Å². The number of hydrogen-bond acceptors (Lipinski definition) is 3. The van der Waals surface area contributed by atoms with Crippen LogP contribution in [0.5, 0.6) is 0 Å². The Balaban J connectivity index is 1.54. The number of rotatable bonds is 4. The molecular formula is C18H35N3. The van der Waals surface area contributed by atoms with E-state index in [1.807, 2.05) is 0 Å². The van der Waals surface area contributed by atoms with Gasteiger partial charge < -0.3 is 5.73 Å². The molecular weight excluding hydrogens is 258 g/mol. The van der Waals surface area contributed by atoms with E-state index in [1.165, 1.54) is 77.5 Å². The van der Waals surface area contributed by atoms with Crippen molar-refractivity contribution in [2.45, 2.75) is 70.4 Å². The van der Waals surface area contributed by atoms with Gasteiger partial charge in [0.1, 0.15) is 0 Å². The summed E-state index contributed by atoms with van der Waals surface area (Å²) in [6.45, 7) is 8.43. The van der Waals surface area contributed by atoms with Crippen molar-refractivity contribution in [2.24, 2.45) is 17.6 Å². The van der Waals surface area contributed by atoms with E-state index in [0.717, 1.165) is 30.5 Å². The maximum atomic E-state index is 6.08. The van der Waals surface area contributed by atoms with Gasteiger partial charge >= 0.3 is 0 Å². The van der Waals surface area contributed by atoms with Crippen LogP contribution in [0.1, 0.15) is 58.3 Å². The van der Waals surface area contributed by atoms with Gasteiger partial charge in [-0.3, -0.25) is 9.80 Å². The van der Waals surface area contributed by atoms with Crippen molar-refractivity contribution < 1.29 is 0 Å².